The van der Waals surface area contributed by atoms with Crippen LogP contribution in [0.15, 0.2) is 0 Å². The van der Waals surface area contributed by atoms with Crippen LogP contribution in [0.3, 0.4) is 0 Å². The van der Waals surface area contributed by atoms with Crippen LogP contribution in [0.25, 0.3) is 0 Å². The summed E-state index contributed by atoms with van der Waals surface area (Å²) in [7, 11) is 1.67. The zero-order valence-electron chi connectivity index (χ0n) is 11.2. The number of amides is 1. The minimum atomic E-state index is -0.455. The summed E-state index contributed by atoms with van der Waals surface area (Å²) in [4.78, 5) is 11.7. The highest BCUT2D eigenvalue weighted by Crippen LogP contribution is 2.11. The van der Waals surface area contributed by atoms with E-state index >= 15 is 0 Å². The second-order valence-electron chi connectivity index (χ2n) is 5.41. The molecule has 0 saturated carbocycles. The Kier molecular flexibility index (Phi) is 5.21. The lowest BCUT2D eigenvalue weighted by molar-refractivity contribution is 0.0457. The molecule has 0 aliphatic carbocycles. The smallest absolute Gasteiger partial charge is 0.407 e. The summed E-state index contributed by atoms with van der Waals surface area (Å²) in [5.41, 5.74) is -0.455. The molecule has 0 aromatic carbocycles. The maximum atomic E-state index is 11.7. The molecule has 100 valence electrons. The second kappa shape index (κ2) is 6.21. The molecule has 1 saturated heterocycles. The van der Waals surface area contributed by atoms with Gasteiger partial charge in [-0.15, -0.1) is 0 Å². The topological polar surface area (TPSA) is 59.6 Å². The lowest BCUT2D eigenvalue weighted by Gasteiger charge is -2.33. The molecule has 5 heteroatoms. The Hall–Kier alpha value is -0.810. The van der Waals surface area contributed by atoms with Gasteiger partial charge in [-0.2, -0.15) is 0 Å². The van der Waals surface area contributed by atoms with E-state index in [9.17, 15) is 4.79 Å². The minimum Gasteiger partial charge on any atom is -0.444 e. The second-order valence-corrected chi connectivity index (χ2v) is 5.41. The number of ether oxygens (including phenoxy) is 2. The molecule has 2 N–H and O–H groups in total. The number of rotatable bonds is 3. The van der Waals surface area contributed by atoms with Crippen LogP contribution in [0, 0.1) is 0 Å². The molecule has 1 aliphatic heterocycles. The third kappa shape index (κ3) is 5.37. The van der Waals surface area contributed by atoms with E-state index in [1.165, 1.54) is 0 Å². The molecule has 5 nitrogen and oxygen atoms in total. The van der Waals surface area contributed by atoms with E-state index in [1.807, 2.05) is 20.8 Å². The number of alkyl carbamates (subject to hydrolysis) is 1. The highest BCUT2D eigenvalue weighted by molar-refractivity contribution is 5.68. The molecule has 0 aromatic heterocycles. The van der Waals surface area contributed by atoms with Gasteiger partial charge in [-0.25, -0.2) is 4.79 Å². The SMILES string of the molecule is COC[C@@H]1NCCC[C@@H]1NC(=O)OC(C)(C)C. The molecule has 1 amide bonds. The van der Waals surface area contributed by atoms with Gasteiger partial charge in [0.1, 0.15) is 5.60 Å². The number of hydrogen-bond donors (Lipinski definition) is 2. The van der Waals surface area contributed by atoms with Crippen molar-refractivity contribution in [2.75, 3.05) is 20.3 Å². The van der Waals surface area contributed by atoms with Gasteiger partial charge in [0.15, 0.2) is 0 Å². The zero-order valence-corrected chi connectivity index (χ0v) is 11.2. The Morgan fingerprint density at radius 3 is 2.76 bits per heavy atom. The summed E-state index contributed by atoms with van der Waals surface area (Å²) < 4.78 is 10.4. The van der Waals surface area contributed by atoms with Crippen molar-refractivity contribution in [2.24, 2.45) is 0 Å². The fourth-order valence-corrected chi connectivity index (χ4v) is 1.94. The fourth-order valence-electron chi connectivity index (χ4n) is 1.94. The van der Waals surface area contributed by atoms with Crippen LogP contribution in [0.1, 0.15) is 33.6 Å². The van der Waals surface area contributed by atoms with Crippen molar-refractivity contribution in [1.29, 1.82) is 0 Å². The largest absolute Gasteiger partial charge is 0.444 e. The van der Waals surface area contributed by atoms with Crippen molar-refractivity contribution in [1.82, 2.24) is 10.6 Å². The quantitative estimate of drug-likeness (QED) is 0.785. The lowest BCUT2D eigenvalue weighted by Crippen LogP contribution is -2.56. The molecule has 1 rings (SSSR count). The number of methoxy groups -OCH3 is 1. The van der Waals surface area contributed by atoms with Gasteiger partial charge in [-0.1, -0.05) is 0 Å². The maximum Gasteiger partial charge on any atom is 0.407 e. The molecular formula is C12H24N2O3. The first-order valence-electron chi connectivity index (χ1n) is 6.14. The maximum absolute atomic E-state index is 11.7. The van der Waals surface area contributed by atoms with Crippen molar-refractivity contribution >= 4 is 6.09 Å². The van der Waals surface area contributed by atoms with Gasteiger partial charge in [0, 0.05) is 13.2 Å². The van der Waals surface area contributed by atoms with E-state index in [0.29, 0.717) is 6.61 Å². The predicted molar refractivity (Wildman–Crippen MR) is 66.1 cm³/mol. The summed E-state index contributed by atoms with van der Waals surface area (Å²) in [5.74, 6) is 0. The Bertz CT molecular complexity index is 249. The van der Waals surface area contributed by atoms with Crippen molar-refractivity contribution in [3.63, 3.8) is 0 Å². The Labute approximate surface area is 103 Å². The first-order chi connectivity index (χ1) is 7.92. The normalized spacial score (nSPS) is 25.4. The third-order valence-corrected chi connectivity index (χ3v) is 2.63. The van der Waals surface area contributed by atoms with E-state index in [1.54, 1.807) is 7.11 Å². The highest BCUT2D eigenvalue weighted by atomic mass is 16.6. The summed E-state index contributed by atoms with van der Waals surface area (Å²) in [6.45, 7) is 7.15. The number of piperidine rings is 1. The molecule has 0 spiro atoms. The van der Waals surface area contributed by atoms with E-state index < -0.39 is 5.60 Å². The fraction of sp³-hybridized carbons (Fsp3) is 0.917. The average molecular weight is 244 g/mol. The zero-order chi connectivity index (χ0) is 12.9. The van der Waals surface area contributed by atoms with Crippen LogP contribution < -0.4 is 10.6 Å². The van der Waals surface area contributed by atoms with Crippen LogP contribution in [-0.4, -0.2) is 44.0 Å². The molecule has 17 heavy (non-hydrogen) atoms. The number of nitrogens with one attached hydrogen (secondary N) is 2. The summed E-state index contributed by atoms with van der Waals surface area (Å²) in [5, 5.41) is 6.25. The summed E-state index contributed by atoms with van der Waals surface area (Å²) >= 11 is 0. The first-order valence-corrected chi connectivity index (χ1v) is 6.14. The van der Waals surface area contributed by atoms with Gasteiger partial charge in [0.05, 0.1) is 12.6 Å². The average Bonchev–Trinajstić information content (AvgIpc) is 2.18. The predicted octanol–water partition coefficient (Wildman–Crippen LogP) is 1.28. The molecule has 2 atom stereocenters. The number of carbonyl (C=O) groups is 1. The van der Waals surface area contributed by atoms with Crippen molar-refractivity contribution < 1.29 is 14.3 Å². The van der Waals surface area contributed by atoms with E-state index in [-0.39, 0.29) is 18.2 Å². The van der Waals surface area contributed by atoms with E-state index in [2.05, 4.69) is 10.6 Å². The van der Waals surface area contributed by atoms with Crippen LogP contribution >= 0.6 is 0 Å². The van der Waals surface area contributed by atoms with Crippen LogP contribution in [0.4, 0.5) is 4.79 Å². The molecule has 1 fully saturated rings. The van der Waals surface area contributed by atoms with E-state index in [4.69, 9.17) is 9.47 Å². The van der Waals surface area contributed by atoms with Gasteiger partial charge < -0.3 is 20.1 Å². The molecule has 1 heterocycles. The third-order valence-electron chi connectivity index (χ3n) is 2.63. The van der Waals surface area contributed by atoms with Crippen LogP contribution in [-0.2, 0) is 9.47 Å². The van der Waals surface area contributed by atoms with Crippen molar-refractivity contribution in [2.45, 2.75) is 51.3 Å². The van der Waals surface area contributed by atoms with Gasteiger partial charge >= 0.3 is 6.09 Å². The minimum absolute atomic E-state index is 0.0820. The first kappa shape index (κ1) is 14.3. The standard InChI is InChI=1S/C12H24N2O3/c1-12(2,3)17-11(15)14-9-6-5-7-13-10(9)8-16-4/h9-10,13H,5-8H2,1-4H3,(H,14,15)/t9-,10-/m0/s1. The summed E-state index contributed by atoms with van der Waals surface area (Å²) in [6.07, 6.45) is 1.66. The molecule has 0 radical (unpaired) electrons. The molecule has 0 bridgehead atoms. The van der Waals surface area contributed by atoms with Gasteiger partial charge in [0.2, 0.25) is 0 Å². The number of carbonyl (C=O) groups excluding carboxylic acids is 1. The van der Waals surface area contributed by atoms with E-state index in [0.717, 1.165) is 19.4 Å². The lowest BCUT2D eigenvalue weighted by atomic mass is 9.99. The Balaban J connectivity index is 2.44. The molecule has 1 aliphatic rings. The molecule has 0 aromatic rings. The number of hydrogen-bond acceptors (Lipinski definition) is 4. The highest BCUT2D eigenvalue weighted by Gasteiger charge is 2.27. The Morgan fingerprint density at radius 1 is 1.47 bits per heavy atom. The molecular weight excluding hydrogens is 220 g/mol. The van der Waals surface area contributed by atoms with Crippen molar-refractivity contribution in [3.05, 3.63) is 0 Å². The monoisotopic (exact) mass is 244 g/mol. The van der Waals surface area contributed by atoms with Gasteiger partial charge in [-0.05, 0) is 40.2 Å². The van der Waals surface area contributed by atoms with Crippen LogP contribution in [0.5, 0.6) is 0 Å². The van der Waals surface area contributed by atoms with Gasteiger partial charge in [0.25, 0.3) is 0 Å². The Morgan fingerprint density at radius 2 is 2.18 bits per heavy atom. The van der Waals surface area contributed by atoms with Crippen molar-refractivity contribution in [3.8, 4) is 0 Å². The van der Waals surface area contributed by atoms with Gasteiger partial charge in [-0.3, -0.25) is 0 Å². The summed E-state index contributed by atoms with van der Waals surface area (Å²) in [6, 6.07) is 0.250. The molecule has 0 unspecified atom stereocenters. The van der Waals surface area contributed by atoms with Crippen LogP contribution in [0.2, 0.25) is 0 Å².